The number of allylic oxidation sites excluding steroid dienone is 7. The normalized spacial score (nSPS) is 16.8. The summed E-state index contributed by atoms with van der Waals surface area (Å²) in [5.41, 5.74) is 0.858. The van der Waals surface area contributed by atoms with Gasteiger partial charge in [0.1, 0.15) is 6.67 Å². The Labute approximate surface area is 209 Å². The predicted molar refractivity (Wildman–Crippen MR) is 139 cm³/mol. The lowest BCUT2D eigenvalue weighted by molar-refractivity contribution is 0.393. The molecule has 0 spiro atoms. The van der Waals surface area contributed by atoms with Crippen LogP contribution in [0.3, 0.4) is 0 Å². The van der Waals surface area contributed by atoms with Gasteiger partial charge in [-0.05, 0) is 50.5 Å². The van der Waals surface area contributed by atoms with Crippen LogP contribution in [0.15, 0.2) is 79.9 Å². The fraction of sp³-hybridized carbons (Fsp3) is 0.385. The topological polar surface area (TPSA) is 102 Å². The minimum absolute atomic E-state index is 0.0248. The highest BCUT2D eigenvalue weighted by atomic mass is 32.2. The zero-order valence-corrected chi connectivity index (χ0v) is 21.5. The molecule has 192 valence electrons. The fourth-order valence-electron chi connectivity index (χ4n) is 4.17. The molecule has 8 nitrogen and oxygen atoms in total. The Bertz CT molecular complexity index is 1540. The Morgan fingerprint density at radius 3 is 2.56 bits per heavy atom. The van der Waals surface area contributed by atoms with Gasteiger partial charge in [0.05, 0.1) is 27.9 Å². The number of hydrogen-bond donors (Lipinski definition) is 2. The molecule has 1 heterocycles. The van der Waals surface area contributed by atoms with E-state index in [0.717, 1.165) is 21.4 Å². The molecule has 1 aromatic heterocycles. The average Bonchev–Trinajstić information content (AvgIpc) is 3.64. The summed E-state index contributed by atoms with van der Waals surface area (Å²) in [7, 11) is -2.27. The summed E-state index contributed by atoms with van der Waals surface area (Å²) in [5, 5.41) is 3.24. The van der Waals surface area contributed by atoms with E-state index in [2.05, 4.69) is 10.0 Å². The SMILES string of the molecule is CNC1=C(Cn2c(=O)c3cc(S(=O)(=O)NC4(CF)CC4)ccc3n(CC=C(C)C)c2=O)C=CC=CC1. The van der Waals surface area contributed by atoms with Crippen LogP contribution < -0.4 is 21.3 Å². The molecule has 0 amide bonds. The number of rotatable bonds is 9. The molecule has 0 aliphatic heterocycles. The van der Waals surface area contributed by atoms with Crippen molar-refractivity contribution < 1.29 is 12.8 Å². The van der Waals surface area contributed by atoms with Crippen LogP contribution in [0.5, 0.6) is 0 Å². The van der Waals surface area contributed by atoms with Crippen LogP contribution in [-0.4, -0.2) is 36.8 Å². The lowest BCUT2D eigenvalue weighted by atomic mass is 10.1. The van der Waals surface area contributed by atoms with Crippen LogP contribution in [0.2, 0.25) is 0 Å². The number of benzene rings is 1. The van der Waals surface area contributed by atoms with Crippen LogP contribution in [0.4, 0.5) is 4.39 Å². The summed E-state index contributed by atoms with van der Waals surface area (Å²) in [6.45, 7) is 3.27. The first-order valence-electron chi connectivity index (χ1n) is 11.8. The van der Waals surface area contributed by atoms with Gasteiger partial charge in [-0.2, -0.15) is 0 Å². The number of fused-ring (bicyclic) bond motifs is 1. The Morgan fingerprint density at radius 2 is 1.92 bits per heavy atom. The van der Waals surface area contributed by atoms with Crippen molar-refractivity contribution in [2.45, 2.75) is 56.6 Å². The smallest absolute Gasteiger partial charge is 0.332 e. The van der Waals surface area contributed by atoms with Gasteiger partial charge in [-0.15, -0.1) is 0 Å². The number of alkyl halides is 1. The summed E-state index contributed by atoms with van der Waals surface area (Å²) in [6, 6.07) is 4.10. The highest BCUT2D eigenvalue weighted by Gasteiger charge is 2.46. The number of hydrogen-bond acceptors (Lipinski definition) is 5. The molecule has 2 aromatic rings. The van der Waals surface area contributed by atoms with Crippen molar-refractivity contribution in [3.63, 3.8) is 0 Å². The number of nitrogens with one attached hydrogen (secondary N) is 2. The third-order valence-electron chi connectivity index (χ3n) is 6.53. The molecular formula is C26H31FN4O4S. The van der Waals surface area contributed by atoms with E-state index in [4.69, 9.17) is 0 Å². The third-order valence-corrected chi connectivity index (χ3v) is 8.11. The van der Waals surface area contributed by atoms with E-state index < -0.39 is 33.5 Å². The number of nitrogens with zero attached hydrogens (tertiary/aromatic N) is 2. The summed E-state index contributed by atoms with van der Waals surface area (Å²) in [4.78, 5) is 27.0. The van der Waals surface area contributed by atoms with E-state index in [1.807, 2.05) is 44.2 Å². The lowest BCUT2D eigenvalue weighted by Gasteiger charge is -2.17. The number of halogens is 1. The van der Waals surface area contributed by atoms with Crippen molar-refractivity contribution in [2.75, 3.05) is 13.7 Å². The van der Waals surface area contributed by atoms with Gasteiger partial charge in [-0.1, -0.05) is 36.0 Å². The van der Waals surface area contributed by atoms with E-state index in [0.29, 0.717) is 24.8 Å². The van der Waals surface area contributed by atoms with E-state index in [-0.39, 0.29) is 23.4 Å². The molecule has 1 saturated carbocycles. The maximum Gasteiger partial charge on any atom is 0.332 e. The van der Waals surface area contributed by atoms with Gasteiger partial charge in [0.15, 0.2) is 0 Å². The summed E-state index contributed by atoms with van der Waals surface area (Å²) < 4.78 is 44.4. The first kappa shape index (κ1) is 25.8. The Morgan fingerprint density at radius 1 is 1.17 bits per heavy atom. The molecule has 36 heavy (non-hydrogen) atoms. The molecule has 2 aliphatic carbocycles. The molecule has 4 rings (SSSR count). The van der Waals surface area contributed by atoms with Crippen LogP contribution in [-0.2, 0) is 23.1 Å². The zero-order chi connectivity index (χ0) is 26.1. The third kappa shape index (κ3) is 5.15. The van der Waals surface area contributed by atoms with Gasteiger partial charge in [0.25, 0.3) is 5.56 Å². The molecule has 10 heteroatoms. The van der Waals surface area contributed by atoms with Crippen LogP contribution in [0.1, 0.15) is 33.1 Å². The monoisotopic (exact) mass is 514 g/mol. The predicted octanol–water partition coefficient (Wildman–Crippen LogP) is 2.90. The second-order valence-corrected chi connectivity index (χ2v) is 11.2. The van der Waals surface area contributed by atoms with Crippen LogP contribution in [0.25, 0.3) is 10.9 Å². The maximum absolute atomic E-state index is 13.6. The molecule has 1 fully saturated rings. The van der Waals surface area contributed by atoms with Crippen molar-refractivity contribution in [2.24, 2.45) is 0 Å². The molecule has 0 unspecified atom stereocenters. The quantitative estimate of drug-likeness (QED) is 0.501. The van der Waals surface area contributed by atoms with Gasteiger partial charge in [0, 0.05) is 25.7 Å². The Hall–Kier alpha value is -3.24. The van der Waals surface area contributed by atoms with E-state index in [9.17, 15) is 22.4 Å². The molecule has 1 aromatic carbocycles. The summed E-state index contributed by atoms with van der Waals surface area (Å²) in [5.74, 6) is 0. The van der Waals surface area contributed by atoms with Crippen molar-refractivity contribution in [3.05, 3.63) is 86.3 Å². The van der Waals surface area contributed by atoms with Gasteiger partial charge in [-0.3, -0.25) is 13.9 Å². The Balaban J connectivity index is 1.90. The van der Waals surface area contributed by atoms with Crippen molar-refractivity contribution >= 4 is 20.9 Å². The standard InChI is InChI=1S/C26H31FN4O4S/c1-18(2)11-14-30-23-10-9-20(36(34,35)29-26(17-27)12-13-26)15-21(23)24(32)31(25(30)33)16-19-7-5-4-6-8-22(19)28-3/h4-7,9-11,15,28-29H,8,12-14,16-17H2,1-3H3. The molecule has 2 aliphatic rings. The van der Waals surface area contributed by atoms with Gasteiger partial charge in [-0.25, -0.2) is 22.3 Å². The molecule has 0 saturated heterocycles. The Kier molecular flexibility index (Phi) is 7.19. The molecule has 2 N–H and O–H groups in total. The second-order valence-electron chi connectivity index (χ2n) is 9.51. The summed E-state index contributed by atoms with van der Waals surface area (Å²) >= 11 is 0. The average molecular weight is 515 g/mol. The highest BCUT2D eigenvalue weighted by Crippen LogP contribution is 2.37. The van der Waals surface area contributed by atoms with Gasteiger partial charge < -0.3 is 5.32 Å². The van der Waals surface area contributed by atoms with Crippen LogP contribution >= 0.6 is 0 Å². The van der Waals surface area contributed by atoms with Gasteiger partial charge in [0.2, 0.25) is 10.0 Å². The number of aromatic nitrogens is 2. The van der Waals surface area contributed by atoms with Crippen LogP contribution in [0, 0.1) is 0 Å². The number of sulfonamides is 1. The van der Waals surface area contributed by atoms with E-state index in [1.165, 1.54) is 22.8 Å². The van der Waals surface area contributed by atoms with Crippen molar-refractivity contribution in [3.8, 4) is 0 Å². The van der Waals surface area contributed by atoms with Crippen molar-refractivity contribution in [1.82, 2.24) is 19.2 Å². The highest BCUT2D eigenvalue weighted by molar-refractivity contribution is 7.89. The molecule has 0 bridgehead atoms. The lowest BCUT2D eigenvalue weighted by Crippen LogP contribution is -2.41. The minimum atomic E-state index is -4.06. The minimum Gasteiger partial charge on any atom is -0.391 e. The van der Waals surface area contributed by atoms with E-state index in [1.54, 1.807) is 7.05 Å². The second kappa shape index (κ2) is 10.0. The molecular weight excluding hydrogens is 483 g/mol. The van der Waals surface area contributed by atoms with Crippen molar-refractivity contribution in [1.29, 1.82) is 0 Å². The zero-order valence-electron chi connectivity index (χ0n) is 20.7. The fourth-order valence-corrected chi connectivity index (χ4v) is 5.63. The first-order valence-corrected chi connectivity index (χ1v) is 13.3. The molecule has 0 atom stereocenters. The maximum atomic E-state index is 13.6. The molecule has 0 radical (unpaired) electrons. The summed E-state index contributed by atoms with van der Waals surface area (Å²) in [6.07, 6.45) is 10.9. The largest absolute Gasteiger partial charge is 0.391 e. The van der Waals surface area contributed by atoms with E-state index >= 15 is 0 Å². The first-order chi connectivity index (χ1) is 17.1. The van der Waals surface area contributed by atoms with Gasteiger partial charge >= 0.3 is 5.69 Å².